The van der Waals surface area contributed by atoms with Crippen LogP contribution in [0.3, 0.4) is 0 Å². The van der Waals surface area contributed by atoms with E-state index < -0.39 is 5.60 Å². The van der Waals surface area contributed by atoms with Crippen LogP contribution in [0.5, 0.6) is 0 Å². The molecule has 1 heterocycles. The number of ether oxygens (including phenoxy) is 1. The summed E-state index contributed by atoms with van der Waals surface area (Å²) >= 11 is 0. The number of rotatable bonds is 5. The summed E-state index contributed by atoms with van der Waals surface area (Å²) in [5, 5.41) is 6.29. The molecule has 20 heavy (non-hydrogen) atoms. The number of carbonyl (C=O) groups excluding carboxylic acids is 1. The number of hydrogen-bond donors (Lipinski definition) is 2. The molecule has 2 rings (SSSR count). The van der Waals surface area contributed by atoms with E-state index in [0.29, 0.717) is 6.54 Å². The Labute approximate surface area is 120 Å². The molecule has 1 aromatic rings. The van der Waals surface area contributed by atoms with E-state index in [1.807, 2.05) is 12.1 Å². The van der Waals surface area contributed by atoms with Crippen LogP contribution in [0.2, 0.25) is 0 Å². The molecule has 0 spiro atoms. The first kappa shape index (κ1) is 15.0. The summed E-state index contributed by atoms with van der Waals surface area (Å²) in [6.07, 6.45) is 2.33. The van der Waals surface area contributed by atoms with Crippen molar-refractivity contribution in [2.45, 2.75) is 31.8 Å². The van der Waals surface area contributed by atoms with Gasteiger partial charge in [-0.3, -0.25) is 4.79 Å². The Hall–Kier alpha value is -1.39. The molecule has 0 unspecified atom stereocenters. The van der Waals surface area contributed by atoms with Crippen LogP contribution in [0.15, 0.2) is 24.3 Å². The van der Waals surface area contributed by atoms with E-state index >= 15 is 0 Å². The summed E-state index contributed by atoms with van der Waals surface area (Å²) < 4.78 is 5.52. The van der Waals surface area contributed by atoms with Gasteiger partial charge in [0, 0.05) is 13.7 Å². The van der Waals surface area contributed by atoms with Crippen LogP contribution < -0.4 is 10.6 Å². The van der Waals surface area contributed by atoms with Crippen molar-refractivity contribution in [3.63, 3.8) is 0 Å². The standard InChI is InChI=1S/C16H24N2O2/c1-13-5-3-4-6-14(13)7-10-18-15(19)16(20-2)8-11-17-12-9-16/h3-6,17H,7-12H2,1-2H3,(H,18,19). The van der Waals surface area contributed by atoms with Gasteiger partial charge in [0.25, 0.3) is 5.91 Å². The van der Waals surface area contributed by atoms with Gasteiger partial charge in [-0.1, -0.05) is 24.3 Å². The number of aryl methyl sites for hydroxylation is 1. The summed E-state index contributed by atoms with van der Waals surface area (Å²) in [6.45, 7) is 4.42. The van der Waals surface area contributed by atoms with Gasteiger partial charge in [0.2, 0.25) is 0 Å². The molecule has 0 aromatic heterocycles. The summed E-state index contributed by atoms with van der Waals surface area (Å²) in [5.74, 6) is 0.0232. The van der Waals surface area contributed by atoms with Gasteiger partial charge in [-0.05, 0) is 50.4 Å². The van der Waals surface area contributed by atoms with Crippen LogP contribution in [0.1, 0.15) is 24.0 Å². The molecular formula is C16H24N2O2. The highest BCUT2D eigenvalue weighted by molar-refractivity contribution is 5.85. The van der Waals surface area contributed by atoms with Crippen LogP contribution in [0.4, 0.5) is 0 Å². The zero-order valence-electron chi connectivity index (χ0n) is 12.4. The largest absolute Gasteiger partial charge is 0.368 e. The lowest BCUT2D eigenvalue weighted by Gasteiger charge is -2.34. The highest BCUT2D eigenvalue weighted by Crippen LogP contribution is 2.22. The molecule has 110 valence electrons. The van der Waals surface area contributed by atoms with Crippen molar-refractivity contribution < 1.29 is 9.53 Å². The quantitative estimate of drug-likeness (QED) is 0.855. The second-order valence-corrected chi connectivity index (χ2v) is 5.38. The number of methoxy groups -OCH3 is 1. The molecule has 1 fully saturated rings. The van der Waals surface area contributed by atoms with Gasteiger partial charge in [-0.15, -0.1) is 0 Å². The fraction of sp³-hybridized carbons (Fsp3) is 0.562. The van der Waals surface area contributed by atoms with Crippen LogP contribution in [-0.4, -0.2) is 38.3 Å². The average molecular weight is 276 g/mol. The predicted molar refractivity (Wildman–Crippen MR) is 79.7 cm³/mol. The number of piperidine rings is 1. The molecule has 1 amide bonds. The zero-order chi connectivity index (χ0) is 14.4. The van der Waals surface area contributed by atoms with Gasteiger partial charge < -0.3 is 15.4 Å². The molecule has 1 aliphatic heterocycles. The molecule has 1 aromatic carbocycles. The molecule has 4 heteroatoms. The van der Waals surface area contributed by atoms with E-state index in [4.69, 9.17) is 4.74 Å². The summed E-state index contributed by atoms with van der Waals surface area (Å²) in [4.78, 5) is 12.4. The van der Waals surface area contributed by atoms with Crippen molar-refractivity contribution in [2.75, 3.05) is 26.7 Å². The van der Waals surface area contributed by atoms with Crippen LogP contribution >= 0.6 is 0 Å². The van der Waals surface area contributed by atoms with Crippen molar-refractivity contribution in [3.05, 3.63) is 35.4 Å². The maximum atomic E-state index is 12.4. The van der Waals surface area contributed by atoms with E-state index in [-0.39, 0.29) is 5.91 Å². The van der Waals surface area contributed by atoms with Crippen molar-refractivity contribution in [2.24, 2.45) is 0 Å². The van der Waals surface area contributed by atoms with Gasteiger partial charge >= 0.3 is 0 Å². The third kappa shape index (κ3) is 3.38. The molecule has 0 saturated carbocycles. The van der Waals surface area contributed by atoms with Crippen molar-refractivity contribution in [1.82, 2.24) is 10.6 Å². The van der Waals surface area contributed by atoms with E-state index in [9.17, 15) is 4.79 Å². The summed E-state index contributed by atoms with van der Waals surface area (Å²) in [7, 11) is 1.63. The Kier molecular flexibility index (Phi) is 5.15. The maximum absolute atomic E-state index is 12.4. The van der Waals surface area contributed by atoms with Crippen molar-refractivity contribution in [3.8, 4) is 0 Å². The second-order valence-electron chi connectivity index (χ2n) is 5.38. The zero-order valence-corrected chi connectivity index (χ0v) is 12.4. The Morgan fingerprint density at radius 3 is 2.70 bits per heavy atom. The fourth-order valence-electron chi connectivity index (χ4n) is 2.72. The Bertz CT molecular complexity index is 454. The van der Waals surface area contributed by atoms with Gasteiger partial charge in [0.1, 0.15) is 5.60 Å². The average Bonchev–Trinajstić information content (AvgIpc) is 2.49. The smallest absolute Gasteiger partial charge is 0.252 e. The highest BCUT2D eigenvalue weighted by atomic mass is 16.5. The lowest BCUT2D eigenvalue weighted by molar-refractivity contribution is -0.146. The maximum Gasteiger partial charge on any atom is 0.252 e. The number of benzene rings is 1. The molecule has 0 bridgehead atoms. The third-order valence-electron chi connectivity index (χ3n) is 4.16. The first-order valence-corrected chi connectivity index (χ1v) is 7.27. The van der Waals surface area contributed by atoms with Gasteiger partial charge in [0.15, 0.2) is 0 Å². The second kappa shape index (κ2) is 6.86. The monoisotopic (exact) mass is 276 g/mol. The first-order valence-electron chi connectivity index (χ1n) is 7.27. The molecule has 0 radical (unpaired) electrons. The normalized spacial score (nSPS) is 17.7. The summed E-state index contributed by atoms with van der Waals surface area (Å²) in [5.41, 5.74) is 1.91. The van der Waals surface area contributed by atoms with Crippen LogP contribution in [0, 0.1) is 6.92 Å². The Morgan fingerprint density at radius 1 is 1.35 bits per heavy atom. The molecule has 0 atom stereocenters. The highest BCUT2D eigenvalue weighted by Gasteiger charge is 2.39. The van der Waals surface area contributed by atoms with Gasteiger partial charge in [0.05, 0.1) is 0 Å². The topological polar surface area (TPSA) is 50.4 Å². The van der Waals surface area contributed by atoms with E-state index in [2.05, 4.69) is 29.7 Å². The number of hydrogen-bond acceptors (Lipinski definition) is 3. The minimum atomic E-state index is -0.642. The molecular weight excluding hydrogens is 252 g/mol. The van der Waals surface area contributed by atoms with Crippen molar-refractivity contribution >= 4 is 5.91 Å². The molecule has 1 saturated heterocycles. The molecule has 4 nitrogen and oxygen atoms in total. The van der Waals surface area contributed by atoms with Gasteiger partial charge in [-0.2, -0.15) is 0 Å². The summed E-state index contributed by atoms with van der Waals surface area (Å²) in [6, 6.07) is 8.28. The first-order chi connectivity index (χ1) is 9.68. The third-order valence-corrected chi connectivity index (χ3v) is 4.16. The van der Waals surface area contributed by atoms with E-state index in [1.165, 1.54) is 11.1 Å². The number of carbonyl (C=O) groups is 1. The SMILES string of the molecule is COC1(C(=O)NCCc2ccccc2C)CCNCC1. The minimum Gasteiger partial charge on any atom is -0.368 e. The molecule has 1 aliphatic rings. The van der Waals surface area contributed by atoms with Gasteiger partial charge in [-0.25, -0.2) is 0 Å². The minimum absolute atomic E-state index is 0.0232. The van der Waals surface area contributed by atoms with Crippen molar-refractivity contribution in [1.29, 1.82) is 0 Å². The lowest BCUT2D eigenvalue weighted by atomic mass is 9.91. The van der Waals surface area contributed by atoms with Crippen LogP contribution in [0.25, 0.3) is 0 Å². The number of amides is 1. The Balaban J connectivity index is 1.87. The molecule has 2 N–H and O–H groups in total. The van der Waals surface area contributed by atoms with E-state index in [1.54, 1.807) is 7.11 Å². The number of nitrogens with one attached hydrogen (secondary N) is 2. The van der Waals surface area contributed by atoms with Crippen LogP contribution in [-0.2, 0) is 16.0 Å². The van der Waals surface area contributed by atoms with E-state index in [0.717, 1.165) is 32.4 Å². The molecule has 0 aliphatic carbocycles. The Morgan fingerprint density at radius 2 is 2.05 bits per heavy atom. The lowest BCUT2D eigenvalue weighted by Crippen LogP contribution is -2.54. The fourth-order valence-corrected chi connectivity index (χ4v) is 2.72. The predicted octanol–water partition coefficient (Wildman–Crippen LogP) is 1.42.